The van der Waals surface area contributed by atoms with Gasteiger partial charge in [0.1, 0.15) is 11.5 Å². The van der Waals surface area contributed by atoms with Crippen LogP contribution < -0.4 is 5.73 Å². The lowest BCUT2D eigenvalue weighted by Gasteiger charge is -2.00. The maximum Gasteiger partial charge on any atom is 0.252 e. The van der Waals surface area contributed by atoms with Gasteiger partial charge in [-0.05, 0) is 18.2 Å². The van der Waals surface area contributed by atoms with Gasteiger partial charge in [0.2, 0.25) is 0 Å². The largest absolute Gasteiger partial charge is 0.365 e. The Morgan fingerprint density at radius 3 is 2.83 bits per heavy atom. The molecule has 6 heteroatoms. The molecule has 0 spiro atoms. The molecule has 18 heavy (non-hydrogen) atoms. The third kappa shape index (κ3) is 2.06. The molecule has 1 heterocycles. The van der Waals surface area contributed by atoms with Crippen LogP contribution in [0.5, 0.6) is 0 Å². The molecule has 0 bridgehead atoms. The van der Waals surface area contributed by atoms with E-state index in [2.05, 4.69) is 5.10 Å². The molecule has 5 nitrogen and oxygen atoms in total. The first-order valence-electron chi connectivity index (χ1n) is 5.06. The highest BCUT2D eigenvalue weighted by atomic mass is 19.1. The Labute approximate surface area is 102 Å². The third-order valence-electron chi connectivity index (χ3n) is 2.39. The summed E-state index contributed by atoms with van der Waals surface area (Å²) in [7, 11) is 1.63. The zero-order valence-corrected chi connectivity index (χ0v) is 9.51. The van der Waals surface area contributed by atoms with Crippen molar-refractivity contribution in [3.63, 3.8) is 0 Å². The quantitative estimate of drug-likeness (QED) is 0.861. The van der Waals surface area contributed by atoms with Gasteiger partial charge >= 0.3 is 0 Å². The summed E-state index contributed by atoms with van der Waals surface area (Å²) in [6.45, 7) is 0. The SMILES string of the molecule is Cn1cc(C(N)=O)c(-c2cc(F)cc(C#N)c2)n1. The number of amides is 1. The van der Waals surface area contributed by atoms with Crippen LogP contribution in [-0.4, -0.2) is 15.7 Å². The molecule has 2 aromatic rings. The van der Waals surface area contributed by atoms with E-state index in [0.29, 0.717) is 5.56 Å². The van der Waals surface area contributed by atoms with Gasteiger partial charge in [0.05, 0.1) is 17.2 Å². The van der Waals surface area contributed by atoms with Crippen molar-refractivity contribution in [3.05, 3.63) is 41.3 Å². The average molecular weight is 244 g/mol. The summed E-state index contributed by atoms with van der Waals surface area (Å²) in [4.78, 5) is 11.3. The van der Waals surface area contributed by atoms with Crippen molar-refractivity contribution in [2.45, 2.75) is 0 Å². The summed E-state index contributed by atoms with van der Waals surface area (Å²) in [5.74, 6) is -1.22. The predicted octanol–water partition coefficient (Wildman–Crippen LogP) is 1.20. The summed E-state index contributed by atoms with van der Waals surface area (Å²) >= 11 is 0. The molecular formula is C12H9FN4O. The minimum Gasteiger partial charge on any atom is -0.365 e. The minimum atomic E-state index is -0.652. The third-order valence-corrected chi connectivity index (χ3v) is 2.39. The van der Waals surface area contributed by atoms with Gasteiger partial charge in [0, 0.05) is 18.8 Å². The molecule has 0 saturated carbocycles. The van der Waals surface area contributed by atoms with Crippen LogP contribution in [0.3, 0.4) is 0 Å². The molecule has 0 aliphatic carbocycles. The second kappa shape index (κ2) is 4.30. The van der Waals surface area contributed by atoms with Crippen LogP contribution in [0.15, 0.2) is 24.4 Å². The molecule has 0 unspecified atom stereocenters. The fourth-order valence-corrected chi connectivity index (χ4v) is 1.67. The van der Waals surface area contributed by atoms with Gasteiger partial charge in [-0.2, -0.15) is 10.4 Å². The lowest BCUT2D eigenvalue weighted by atomic mass is 10.1. The summed E-state index contributed by atoms with van der Waals surface area (Å²) in [6, 6.07) is 5.61. The number of nitriles is 1. The molecule has 0 radical (unpaired) electrons. The zero-order chi connectivity index (χ0) is 13.3. The first-order chi connectivity index (χ1) is 8.51. The van der Waals surface area contributed by atoms with E-state index in [1.165, 1.54) is 23.0 Å². The van der Waals surface area contributed by atoms with Crippen LogP contribution in [-0.2, 0) is 7.05 Å². The molecular weight excluding hydrogens is 235 g/mol. The van der Waals surface area contributed by atoms with Gasteiger partial charge < -0.3 is 5.73 Å². The molecule has 0 fully saturated rings. The second-order valence-corrected chi connectivity index (χ2v) is 3.77. The van der Waals surface area contributed by atoms with Crippen molar-refractivity contribution in [1.29, 1.82) is 5.26 Å². The van der Waals surface area contributed by atoms with Crippen molar-refractivity contribution < 1.29 is 9.18 Å². The predicted molar refractivity (Wildman–Crippen MR) is 61.8 cm³/mol. The monoisotopic (exact) mass is 244 g/mol. The van der Waals surface area contributed by atoms with Crippen LogP contribution in [0.1, 0.15) is 15.9 Å². The number of rotatable bonds is 2. The number of aromatic nitrogens is 2. The average Bonchev–Trinajstić information content (AvgIpc) is 2.70. The fraction of sp³-hybridized carbons (Fsp3) is 0.0833. The van der Waals surface area contributed by atoms with E-state index < -0.39 is 11.7 Å². The number of carbonyl (C=O) groups excluding carboxylic acids is 1. The summed E-state index contributed by atoms with van der Waals surface area (Å²) in [5.41, 5.74) is 6.18. The Hall–Kier alpha value is -2.68. The highest BCUT2D eigenvalue weighted by molar-refractivity contribution is 5.98. The molecule has 90 valence electrons. The summed E-state index contributed by atoms with van der Waals surface area (Å²) in [5, 5.41) is 12.8. The fourth-order valence-electron chi connectivity index (χ4n) is 1.67. The number of halogens is 1. The molecule has 1 aromatic heterocycles. The Bertz CT molecular complexity index is 669. The highest BCUT2D eigenvalue weighted by Crippen LogP contribution is 2.23. The van der Waals surface area contributed by atoms with Gasteiger partial charge in [-0.25, -0.2) is 4.39 Å². The standard InChI is InChI=1S/C12H9FN4O/c1-17-6-10(12(15)18)11(16-17)8-2-7(5-14)3-9(13)4-8/h2-4,6H,1H3,(H2,15,18). The minimum absolute atomic E-state index is 0.158. The van der Waals surface area contributed by atoms with Crippen LogP contribution >= 0.6 is 0 Å². The lowest BCUT2D eigenvalue weighted by Crippen LogP contribution is -2.11. The first-order valence-corrected chi connectivity index (χ1v) is 5.06. The van der Waals surface area contributed by atoms with E-state index in [9.17, 15) is 9.18 Å². The molecule has 1 amide bonds. The molecule has 0 saturated heterocycles. The van der Waals surface area contributed by atoms with E-state index in [-0.39, 0.29) is 16.8 Å². The topological polar surface area (TPSA) is 84.7 Å². The number of aryl methyl sites for hydroxylation is 1. The smallest absolute Gasteiger partial charge is 0.252 e. The van der Waals surface area contributed by atoms with E-state index in [0.717, 1.165) is 6.07 Å². The zero-order valence-electron chi connectivity index (χ0n) is 9.51. The lowest BCUT2D eigenvalue weighted by molar-refractivity contribution is 0.100. The van der Waals surface area contributed by atoms with E-state index in [4.69, 9.17) is 11.0 Å². The van der Waals surface area contributed by atoms with E-state index >= 15 is 0 Å². The number of primary amides is 1. The Balaban J connectivity index is 2.65. The number of hydrogen-bond donors (Lipinski definition) is 1. The Kier molecular flexibility index (Phi) is 2.81. The van der Waals surface area contributed by atoms with Crippen LogP contribution in [0.25, 0.3) is 11.3 Å². The number of hydrogen-bond acceptors (Lipinski definition) is 3. The van der Waals surface area contributed by atoms with Crippen LogP contribution in [0.4, 0.5) is 4.39 Å². The molecule has 0 aliphatic rings. The molecule has 2 N–H and O–H groups in total. The maximum absolute atomic E-state index is 13.3. The second-order valence-electron chi connectivity index (χ2n) is 3.77. The van der Waals surface area contributed by atoms with Gasteiger partial charge in [-0.1, -0.05) is 0 Å². The van der Waals surface area contributed by atoms with Crippen molar-refractivity contribution in [2.24, 2.45) is 12.8 Å². The van der Waals surface area contributed by atoms with E-state index in [1.54, 1.807) is 7.05 Å². The summed E-state index contributed by atoms with van der Waals surface area (Å²) < 4.78 is 14.7. The van der Waals surface area contributed by atoms with Crippen molar-refractivity contribution in [2.75, 3.05) is 0 Å². The summed E-state index contributed by atoms with van der Waals surface area (Å²) in [6.07, 6.45) is 1.45. The molecule has 2 rings (SSSR count). The number of nitrogens with two attached hydrogens (primary N) is 1. The normalized spacial score (nSPS) is 10.1. The maximum atomic E-state index is 13.3. The van der Waals surface area contributed by atoms with Crippen molar-refractivity contribution in [3.8, 4) is 17.3 Å². The number of nitrogens with zero attached hydrogens (tertiary/aromatic N) is 3. The Morgan fingerprint density at radius 2 is 2.22 bits per heavy atom. The van der Waals surface area contributed by atoms with Crippen molar-refractivity contribution >= 4 is 5.91 Å². The Morgan fingerprint density at radius 1 is 1.50 bits per heavy atom. The molecule has 1 aromatic carbocycles. The number of benzene rings is 1. The van der Waals surface area contributed by atoms with Crippen LogP contribution in [0.2, 0.25) is 0 Å². The van der Waals surface area contributed by atoms with Gasteiger partial charge in [-0.3, -0.25) is 9.48 Å². The van der Waals surface area contributed by atoms with Crippen molar-refractivity contribution in [1.82, 2.24) is 9.78 Å². The van der Waals surface area contributed by atoms with Gasteiger partial charge in [-0.15, -0.1) is 0 Å². The van der Waals surface area contributed by atoms with Gasteiger partial charge in [0.15, 0.2) is 0 Å². The molecule has 0 aliphatic heterocycles. The van der Waals surface area contributed by atoms with Crippen LogP contribution in [0, 0.1) is 17.1 Å². The molecule has 0 atom stereocenters. The number of carbonyl (C=O) groups is 1. The first kappa shape index (κ1) is 11.8. The van der Waals surface area contributed by atoms with E-state index in [1.807, 2.05) is 6.07 Å². The van der Waals surface area contributed by atoms with Gasteiger partial charge in [0.25, 0.3) is 5.91 Å². The highest BCUT2D eigenvalue weighted by Gasteiger charge is 2.15.